The monoisotopic (exact) mass is 402 g/mol. The third-order valence-corrected chi connectivity index (χ3v) is 4.64. The lowest BCUT2D eigenvalue weighted by Gasteiger charge is -2.15. The maximum atomic E-state index is 13.3. The molecule has 0 saturated carbocycles. The molecule has 0 aliphatic rings. The Morgan fingerprint density at radius 2 is 1.96 bits per heavy atom. The molecule has 1 heterocycles. The topological polar surface area (TPSA) is 38.1 Å². The molecule has 1 atom stereocenters. The minimum Gasteiger partial charge on any atom is -0.378 e. The zero-order valence-corrected chi connectivity index (χ0v) is 15.8. The van der Waals surface area contributed by atoms with Crippen molar-refractivity contribution in [2.24, 2.45) is 0 Å². The van der Waals surface area contributed by atoms with Crippen molar-refractivity contribution in [1.29, 1.82) is 0 Å². The summed E-state index contributed by atoms with van der Waals surface area (Å²) >= 11 is 3.44. The number of halogens is 2. The van der Waals surface area contributed by atoms with Crippen molar-refractivity contribution in [3.63, 3.8) is 0 Å². The number of aromatic nitrogens is 1. The maximum absolute atomic E-state index is 13.3. The van der Waals surface area contributed by atoms with Crippen LogP contribution < -0.4 is 5.32 Å². The highest BCUT2D eigenvalue weighted by Crippen LogP contribution is 2.32. The van der Waals surface area contributed by atoms with Crippen molar-refractivity contribution in [3.05, 3.63) is 70.1 Å². The number of nitrogens with one attached hydrogen (secondary N) is 1. The van der Waals surface area contributed by atoms with E-state index in [4.69, 9.17) is 4.52 Å². The van der Waals surface area contributed by atoms with Crippen LogP contribution in [0.2, 0.25) is 0 Å². The Kier molecular flexibility index (Phi) is 5.53. The Hall–Kier alpha value is -2.14. The summed E-state index contributed by atoms with van der Waals surface area (Å²) in [7, 11) is 0. The minimum absolute atomic E-state index is 0.189. The summed E-state index contributed by atoms with van der Waals surface area (Å²) in [5.41, 5.74) is 3.72. The number of aryl methyl sites for hydroxylation is 2. The predicted octanol–water partition coefficient (Wildman–Crippen LogP) is 5.98. The van der Waals surface area contributed by atoms with E-state index >= 15 is 0 Å². The van der Waals surface area contributed by atoms with Crippen molar-refractivity contribution in [1.82, 2.24) is 5.16 Å². The Labute approximate surface area is 155 Å². The van der Waals surface area contributed by atoms with Crippen molar-refractivity contribution in [2.75, 3.05) is 5.32 Å². The molecule has 0 fully saturated rings. The van der Waals surface area contributed by atoms with Gasteiger partial charge in [0.25, 0.3) is 0 Å². The van der Waals surface area contributed by atoms with Crippen molar-refractivity contribution < 1.29 is 8.91 Å². The van der Waals surface area contributed by atoms with Gasteiger partial charge < -0.3 is 9.84 Å². The van der Waals surface area contributed by atoms with E-state index in [9.17, 15) is 4.39 Å². The van der Waals surface area contributed by atoms with Crippen LogP contribution in [-0.4, -0.2) is 11.2 Å². The highest BCUT2D eigenvalue weighted by atomic mass is 79.9. The van der Waals surface area contributed by atoms with Crippen LogP contribution in [0.1, 0.15) is 24.6 Å². The quantitative estimate of drug-likeness (QED) is 0.550. The molecule has 1 N–H and O–H groups in total. The molecule has 3 aromatic rings. The number of hydrogen-bond acceptors (Lipinski definition) is 3. The van der Waals surface area contributed by atoms with E-state index in [-0.39, 0.29) is 11.9 Å². The standard InChI is InChI=1S/C20H20BrFN2O/c1-13(6-7-15-4-3-5-18(22)12-15)23-19-14(2)24-25-20(19)16-8-10-17(21)11-9-16/h3-5,8-13,23H,6-7H2,1-2H3. The third-order valence-electron chi connectivity index (χ3n) is 4.11. The van der Waals surface area contributed by atoms with Crippen LogP contribution in [-0.2, 0) is 6.42 Å². The van der Waals surface area contributed by atoms with Gasteiger partial charge in [0.1, 0.15) is 17.2 Å². The van der Waals surface area contributed by atoms with E-state index in [2.05, 4.69) is 33.3 Å². The lowest BCUT2D eigenvalue weighted by molar-refractivity contribution is 0.427. The van der Waals surface area contributed by atoms with Gasteiger partial charge in [-0.15, -0.1) is 0 Å². The fraction of sp³-hybridized carbons (Fsp3) is 0.250. The molecule has 3 rings (SSSR count). The summed E-state index contributed by atoms with van der Waals surface area (Å²) < 4.78 is 19.8. The zero-order chi connectivity index (χ0) is 17.8. The molecule has 1 aromatic heterocycles. The van der Waals surface area contributed by atoms with Gasteiger partial charge in [-0.2, -0.15) is 0 Å². The third kappa shape index (κ3) is 4.48. The summed E-state index contributed by atoms with van der Waals surface area (Å²) in [6.45, 7) is 4.03. The highest BCUT2D eigenvalue weighted by Gasteiger charge is 2.17. The van der Waals surface area contributed by atoms with Crippen molar-refractivity contribution in [2.45, 2.75) is 32.7 Å². The summed E-state index contributed by atoms with van der Waals surface area (Å²) in [4.78, 5) is 0. The van der Waals surface area contributed by atoms with Crippen LogP contribution in [0, 0.1) is 12.7 Å². The van der Waals surface area contributed by atoms with E-state index in [1.165, 1.54) is 6.07 Å². The second-order valence-electron chi connectivity index (χ2n) is 6.19. The number of rotatable bonds is 6. The van der Waals surface area contributed by atoms with Crippen molar-refractivity contribution >= 4 is 21.6 Å². The molecule has 0 aliphatic heterocycles. The highest BCUT2D eigenvalue weighted by molar-refractivity contribution is 9.10. The molecule has 0 saturated heterocycles. The van der Waals surface area contributed by atoms with Crippen LogP contribution in [0.3, 0.4) is 0 Å². The predicted molar refractivity (Wildman–Crippen MR) is 102 cm³/mol. The number of anilines is 1. The normalized spacial score (nSPS) is 12.2. The smallest absolute Gasteiger partial charge is 0.190 e. The second kappa shape index (κ2) is 7.83. The molecular formula is C20H20BrFN2O. The summed E-state index contributed by atoms with van der Waals surface area (Å²) in [5, 5.41) is 7.59. The Bertz CT molecular complexity index is 845. The van der Waals surface area contributed by atoms with Gasteiger partial charge in [0, 0.05) is 16.1 Å². The molecule has 0 spiro atoms. The summed E-state index contributed by atoms with van der Waals surface area (Å²) in [5.74, 6) is 0.549. The molecule has 3 nitrogen and oxygen atoms in total. The molecule has 0 bridgehead atoms. The van der Waals surface area contributed by atoms with Gasteiger partial charge in [-0.25, -0.2) is 4.39 Å². The van der Waals surface area contributed by atoms with Gasteiger partial charge in [0.15, 0.2) is 5.76 Å². The van der Waals surface area contributed by atoms with Gasteiger partial charge in [0.05, 0.1) is 0 Å². The first kappa shape index (κ1) is 17.7. The molecular weight excluding hydrogens is 383 g/mol. The summed E-state index contributed by atoms with van der Waals surface area (Å²) in [6.07, 6.45) is 1.69. The maximum Gasteiger partial charge on any atom is 0.190 e. The van der Waals surface area contributed by atoms with Crippen LogP contribution in [0.25, 0.3) is 11.3 Å². The number of nitrogens with zero attached hydrogens (tertiary/aromatic N) is 1. The molecule has 5 heteroatoms. The fourth-order valence-corrected chi connectivity index (χ4v) is 3.00. The van der Waals surface area contributed by atoms with Crippen LogP contribution >= 0.6 is 15.9 Å². The SMILES string of the molecule is Cc1noc(-c2ccc(Br)cc2)c1NC(C)CCc1cccc(F)c1. The first-order chi connectivity index (χ1) is 12.0. The Balaban J connectivity index is 1.70. The van der Waals surface area contributed by atoms with Crippen LogP contribution in [0.5, 0.6) is 0 Å². The zero-order valence-electron chi connectivity index (χ0n) is 14.2. The molecule has 0 radical (unpaired) electrons. The van der Waals surface area contributed by atoms with Gasteiger partial charge in [-0.1, -0.05) is 33.2 Å². The average Bonchev–Trinajstić information content (AvgIpc) is 2.95. The van der Waals surface area contributed by atoms with Gasteiger partial charge in [-0.3, -0.25) is 0 Å². The minimum atomic E-state index is -0.189. The van der Waals surface area contributed by atoms with E-state index in [1.807, 2.05) is 37.3 Å². The molecule has 1 unspecified atom stereocenters. The van der Waals surface area contributed by atoms with Crippen molar-refractivity contribution in [3.8, 4) is 11.3 Å². The Morgan fingerprint density at radius 3 is 2.68 bits per heavy atom. The first-order valence-corrected chi connectivity index (χ1v) is 9.05. The lowest BCUT2D eigenvalue weighted by atomic mass is 10.1. The van der Waals surface area contributed by atoms with E-state index in [0.29, 0.717) is 0 Å². The van der Waals surface area contributed by atoms with Crippen LogP contribution in [0.15, 0.2) is 57.5 Å². The van der Waals surface area contributed by atoms with E-state index in [0.717, 1.165) is 45.6 Å². The second-order valence-corrected chi connectivity index (χ2v) is 7.11. The number of hydrogen-bond donors (Lipinski definition) is 1. The molecule has 130 valence electrons. The first-order valence-electron chi connectivity index (χ1n) is 8.26. The van der Waals surface area contributed by atoms with Gasteiger partial charge in [0.2, 0.25) is 0 Å². The Morgan fingerprint density at radius 1 is 1.20 bits per heavy atom. The molecule has 2 aromatic carbocycles. The van der Waals surface area contributed by atoms with E-state index < -0.39 is 0 Å². The number of benzene rings is 2. The average molecular weight is 403 g/mol. The fourth-order valence-electron chi connectivity index (χ4n) is 2.73. The van der Waals surface area contributed by atoms with Gasteiger partial charge in [-0.05, 0) is 68.7 Å². The van der Waals surface area contributed by atoms with Crippen LogP contribution in [0.4, 0.5) is 10.1 Å². The van der Waals surface area contributed by atoms with E-state index in [1.54, 1.807) is 12.1 Å². The molecule has 0 aliphatic carbocycles. The largest absolute Gasteiger partial charge is 0.378 e. The molecule has 0 amide bonds. The lowest BCUT2D eigenvalue weighted by Crippen LogP contribution is -2.16. The molecule has 25 heavy (non-hydrogen) atoms. The van der Waals surface area contributed by atoms with Gasteiger partial charge >= 0.3 is 0 Å². The summed E-state index contributed by atoms with van der Waals surface area (Å²) in [6, 6.07) is 14.9.